The molecule has 7 heteroatoms. The standard InChI is InChI=1S/C32H36N4O3/c1-19(2)18-36(28-17-23-11-9-13-33-30(23)35-31(28)37)32(38)34-29-26(20(3)4)15-24(16-27(29)21(5)6)22-10-8-12-25(14-22)39-7/h8-17,20-21H,1,18H2,2-7H3,(H,34,38)(H,33,35,37). The lowest BCUT2D eigenvalue weighted by Gasteiger charge is -2.27. The van der Waals surface area contributed by atoms with Crippen molar-refractivity contribution in [3.05, 3.63) is 94.4 Å². The summed E-state index contributed by atoms with van der Waals surface area (Å²) in [5, 5.41) is 3.91. The lowest BCUT2D eigenvalue weighted by molar-refractivity contribution is 0.257. The quantitative estimate of drug-likeness (QED) is 0.234. The Bertz CT molecular complexity index is 1560. The van der Waals surface area contributed by atoms with Gasteiger partial charge >= 0.3 is 6.03 Å². The fourth-order valence-corrected chi connectivity index (χ4v) is 4.65. The van der Waals surface area contributed by atoms with Crippen LogP contribution in [0.1, 0.15) is 57.6 Å². The van der Waals surface area contributed by atoms with Crippen LogP contribution in [-0.4, -0.2) is 29.7 Å². The summed E-state index contributed by atoms with van der Waals surface area (Å²) in [6, 6.07) is 17.2. The molecule has 2 N–H and O–H groups in total. The van der Waals surface area contributed by atoms with Gasteiger partial charge in [-0.15, -0.1) is 0 Å². The molecule has 0 aliphatic heterocycles. The Morgan fingerprint density at radius 3 is 2.33 bits per heavy atom. The highest BCUT2D eigenvalue weighted by molar-refractivity contribution is 6.04. The fraction of sp³-hybridized carbons (Fsp3) is 0.281. The second kappa shape index (κ2) is 11.6. The van der Waals surface area contributed by atoms with E-state index in [0.717, 1.165) is 44.7 Å². The molecule has 2 aromatic heterocycles. The number of H-pyrrole nitrogens is 1. The minimum absolute atomic E-state index is 0.132. The van der Waals surface area contributed by atoms with Gasteiger partial charge in [0.2, 0.25) is 0 Å². The van der Waals surface area contributed by atoms with Crippen LogP contribution in [-0.2, 0) is 0 Å². The third-order valence-electron chi connectivity index (χ3n) is 6.64. The van der Waals surface area contributed by atoms with Crippen LogP contribution in [0.25, 0.3) is 22.2 Å². The first kappa shape index (κ1) is 27.6. The van der Waals surface area contributed by atoms with Gasteiger partial charge in [-0.25, -0.2) is 9.78 Å². The highest BCUT2D eigenvalue weighted by atomic mass is 16.5. The van der Waals surface area contributed by atoms with Crippen LogP contribution >= 0.6 is 0 Å². The second-order valence-electron chi connectivity index (χ2n) is 10.5. The van der Waals surface area contributed by atoms with Gasteiger partial charge < -0.3 is 15.0 Å². The number of rotatable bonds is 8. The van der Waals surface area contributed by atoms with Crippen molar-refractivity contribution in [3.63, 3.8) is 0 Å². The molecule has 4 rings (SSSR count). The Hall–Kier alpha value is -4.39. The van der Waals surface area contributed by atoms with E-state index in [-0.39, 0.29) is 29.6 Å². The predicted octanol–water partition coefficient (Wildman–Crippen LogP) is 7.46. The summed E-state index contributed by atoms with van der Waals surface area (Å²) in [7, 11) is 1.66. The van der Waals surface area contributed by atoms with Crippen LogP contribution in [0, 0.1) is 0 Å². The molecule has 2 aromatic carbocycles. The lowest BCUT2D eigenvalue weighted by Crippen LogP contribution is -2.39. The van der Waals surface area contributed by atoms with Crippen molar-refractivity contribution >= 4 is 28.4 Å². The first-order chi connectivity index (χ1) is 18.6. The number of nitrogens with zero attached hydrogens (tertiary/aromatic N) is 2. The summed E-state index contributed by atoms with van der Waals surface area (Å²) in [6.45, 7) is 14.5. The Kier molecular flexibility index (Phi) is 8.19. The fourth-order valence-electron chi connectivity index (χ4n) is 4.65. The van der Waals surface area contributed by atoms with E-state index >= 15 is 0 Å². The highest BCUT2D eigenvalue weighted by Gasteiger charge is 2.24. The zero-order valence-electron chi connectivity index (χ0n) is 23.5. The van der Waals surface area contributed by atoms with Gasteiger partial charge in [-0.2, -0.15) is 0 Å². The molecule has 2 heterocycles. The summed E-state index contributed by atoms with van der Waals surface area (Å²) < 4.78 is 5.44. The second-order valence-corrected chi connectivity index (χ2v) is 10.5. The molecule has 7 nitrogen and oxygen atoms in total. The van der Waals surface area contributed by atoms with Crippen molar-refractivity contribution in [1.29, 1.82) is 0 Å². The SMILES string of the molecule is C=C(C)CN(C(=O)Nc1c(C(C)C)cc(-c2cccc(OC)c2)cc1C(C)C)c1cc2cccnc2[nH]c1=O. The van der Waals surface area contributed by atoms with E-state index in [1.807, 2.05) is 31.2 Å². The van der Waals surface area contributed by atoms with E-state index in [1.165, 1.54) is 4.90 Å². The van der Waals surface area contributed by atoms with E-state index in [9.17, 15) is 9.59 Å². The number of methoxy groups -OCH3 is 1. The first-order valence-electron chi connectivity index (χ1n) is 13.1. The Labute approximate surface area is 229 Å². The number of urea groups is 1. The molecule has 0 bridgehead atoms. The molecule has 0 fully saturated rings. The number of hydrogen-bond acceptors (Lipinski definition) is 4. The van der Waals surface area contributed by atoms with Crippen LogP contribution in [0.15, 0.2) is 77.7 Å². The zero-order valence-corrected chi connectivity index (χ0v) is 23.5. The van der Waals surface area contributed by atoms with E-state index in [1.54, 1.807) is 25.4 Å². The van der Waals surface area contributed by atoms with Crippen LogP contribution in [0.3, 0.4) is 0 Å². The molecule has 0 saturated carbocycles. The highest BCUT2D eigenvalue weighted by Crippen LogP contribution is 2.38. The average molecular weight is 525 g/mol. The van der Waals surface area contributed by atoms with E-state index < -0.39 is 6.03 Å². The number of benzene rings is 2. The van der Waals surface area contributed by atoms with Crippen LogP contribution in [0.2, 0.25) is 0 Å². The van der Waals surface area contributed by atoms with Crippen molar-refractivity contribution < 1.29 is 9.53 Å². The number of amides is 2. The molecule has 0 atom stereocenters. The molecular weight excluding hydrogens is 488 g/mol. The van der Waals surface area contributed by atoms with Gasteiger partial charge in [-0.1, -0.05) is 52.0 Å². The van der Waals surface area contributed by atoms with Crippen molar-refractivity contribution in [3.8, 4) is 16.9 Å². The van der Waals surface area contributed by atoms with Gasteiger partial charge in [0.25, 0.3) is 5.56 Å². The minimum atomic E-state index is -0.398. The van der Waals surface area contributed by atoms with Gasteiger partial charge in [0, 0.05) is 23.8 Å². The minimum Gasteiger partial charge on any atom is -0.497 e. The normalized spacial score (nSPS) is 11.2. The Morgan fingerprint density at radius 1 is 1.03 bits per heavy atom. The smallest absolute Gasteiger partial charge is 0.326 e. The van der Waals surface area contributed by atoms with Gasteiger partial charge in [0.1, 0.15) is 17.1 Å². The van der Waals surface area contributed by atoms with Crippen molar-refractivity contribution in [2.75, 3.05) is 23.9 Å². The molecule has 0 unspecified atom stereocenters. The van der Waals surface area contributed by atoms with E-state index in [2.05, 4.69) is 67.8 Å². The summed E-state index contributed by atoms with van der Waals surface area (Å²) in [5.41, 5.74) is 5.95. The first-order valence-corrected chi connectivity index (χ1v) is 13.1. The van der Waals surface area contributed by atoms with Crippen LogP contribution < -0.4 is 20.5 Å². The number of carbonyl (C=O) groups excluding carboxylic acids is 1. The molecule has 0 aliphatic rings. The summed E-state index contributed by atoms with van der Waals surface area (Å²) >= 11 is 0. The van der Waals surface area contributed by atoms with Crippen molar-refractivity contribution in [2.24, 2.45) is 0 Å². The maximum atomic E-state index is 13.9. The number of aromatic nitrogens is 2. The molecule has 2 amide bonds. The Morgan fingerprint density at radius 2 is 1.72 bits per heavy atom. The number of fused-ring (bicyclic) bond motifs is 1. The molecule has 0 saturated heterocycles. The van der Waals surface area contributed by atoms with Gasteiger partial charge in [0.15, 0.2) is 0 Å². The molecule has 0 spiro atoms. The van der Waals surface area contributed by atoms with Gasteiger partial charge in [0.05, 0.1) is 7.11 Å². The number of hydrogen-bond donors (Lipinski definition) is 2. The summed E-state index contributed by atoms with van der Waals surface area (Å²) in [6.07, 6.45) is 1.62. The monoisotopic (exact) mass is 524 g/mol. The average Bonchev–Trinajstić information content (AvgIpc) is 2.91. The largest absolute Gasteiger partial charge is 0.497 e. The molecule has 0 aliphatic carbocycles. The Balaban J connectivity index is 1.81. The number of anilines is 2. The van der Waals surface area contributed by atoms with Gasteiger partial charge in [-0.3, -0.25) is 9.69 Å². The topological polar surface area (TPSA) is 87.3 Å². The lowest BCUT2D eigenvalue weighted by atomic mass is 9.88. The third-order valence-corrected chi connectivity index (χ3v) is 6.64. The summed E-state index contributed by atoms with van der Waals surface area (Å²) in [5.74, 6) is 1.05. The maximum absolute atomic E-state index is 13.9. The van der Waals surface area contributed by atoms with Gasteiger partial charge in [-0.05, 0) is 83.5 Å². The molecule has 39 heavy (non-hydrogen) atoms. The molecule has 0 radical (unpaired) electrons. The van der Waals surface area contributed by atoms with Crippen LogP contribution in [0.5, 0.6) is 5.75 Å². The maximum Gasteiger partial charge on any atom is 0.326 e. The number of aromatic amines is 1. The number of pyridine rings is 2. The van der Waals surface area contributed by atoms with E-state index in [0.29, 0.717) is 5.65 Å². The van der Waals surface area contributed by atoms with E-state index in [4.69, 9.17) is 4.74 Å². The molecule has 202 valence electrons. The zero-order chi connectivity index (χ0) is 28.3. The number of carbonyl (C=O) groups is 1. The molecular formula is C32H36N4O3. The third kappa shape index (κ3) is 6.03. The summed E-state index contributed by atoms with van der Waals surface area (Å²) in [4.78, 5) is 35.4. The van der Waals surface area contributed by atoms with Crippen molar-refractivity contribution in [1.82, 2.24) is 9.97 Å². The molecule has 4 aromatic rings. The van der Waals surface area contributed by atoms with Crippen LogP contribution in [0.4, 0.5) is 16.2 Å². The number of ether oxygens (including phenoxy) is 1. The van der Waals surface area contributed by atoms with Crippen molar-refractivity contribution in [2.45, 2.75) is 46.5 Å². The number of nitrogens with one attached hydrogen (secondary N) is 2. The predicted molar refractivity (Wildman–Crippen MR) is 160 cm³/mol.